The third kappa shape index (κ3) is 3.57. The molecule has 0 aliphatic heterocycles. The first-order chi connectivity index (χ1) is 9.60. The van der Waals surface area contributed by atoms with Crippen LogP contribution in [0.1, 0.15) is 15.9 Å². The van der Waals surface area contributed by atoms with E-state index in [-0.39, 0.29) is 12.4 Å². The van der Waals surface area contributed by atoms with Gasteiger partial charge in [-0.15, -0.1) is 0 Å². The molecule has 0 saturated carbocycles. The molecule has 0 saturated heterocycles. The molecule has 2 rings (SSSR count). The van der Waals surface area contributed by atoms with E-state index in [0.29, 0.717) is 5.56 Å². The number of halogens is 2. The number of methoxy groups -OCH3 is 1. The molecule has 2 aromatic carbocycles. The Labute approximate surface area is 124 Å². The van der Waals surface area contributed by atoms with Crippen molar-refractivity contribution in [2.75, 3.05) is 7.11 Å². The predicted molar refractivity (Wildman–Crippen MR) is 76.2 cm³/mol. The molecule has 0 radical (unpaired) electrons. The molecule has 20 heavy (non-hydrogen) atoms. The Kier molecular flexibility index (Phi) is 4.74. The molecular formula is C15H12BrFO3. The number of ether oxygens (including phenoxy) is 2. The molecule has 0 heterocycles. The summed E-state index contributed by atoms with van der Waals surface area (Å²) in [6.07, 6.45) is 0. The van der Waals surface area contributed by atoms with Gasteiger partial charge in [-0.05, 0) is 35.9 Å². The molecule has 5 heteroatoms. The highest BCUT2D eigenvalue weighted by atomic mass is 79.9. The van der Waals surface area contributed by atoms with Crippen molar-refractivity contribution in [1.82, 2.24) is 0 Å². The summed E-state index contributed by atoms with van der Waals surface area (Å²) in [4.78, 5) is 11.3. The third-order valence-electron chi connectivity index (χ3n) is 2.66. The van der Waals surface area contributed by atoms with Crippen LogP contribution in [0.15, 0.2) is 46.9 Å². The molecule has 0 aromatic heterocycles. The Bertz CT molecular complexity index is 611. The lowest BCUT2D eigenvalue weighted by molar-refractivity contribution is 0.0600. The van der Waals surface area contributed by atoms with Crippen molar-refractivity contribution < 1.29 is 18.7 Å². The molecule has 0 unspecified atom stereocenters. The van der Waals surface area contributed by atoms with Crippen LogP contribution in [0.2, 0.25) is 0 Å². The molecule has 104 valence electrons. The highest BCUT2D eigenvalue weighted by Gasteiger charge is 2.06. The zero-order chi connectivity index (χ0) is 14.5. The number of carbonyl (C=O) groups excluding carboxylic acids is 1. The summed E-state index contributed by atoms with van der Waals surface area (Å²) >= 11 is 3.26. The Hall–Kier alpha value is -1.88. The Morgan fingerprint density at radius 1 is 1.20 bits per heavy atom. The molecule has 0 N–H and O–H groups in total. The van der Waals surface area contributed by atoms with Crippen LogP contribution in [-0.4, -0.2) is 13.1 Å². The smallest absolute Gasteiger partial charge is 0.337 e. The van der Waals surface area contributed by atoms with Crippen molar-refractivity contribution >= 4 is 21.9 Å². The second kappa shape index (κ2) is 6.52. The summed E-state index contributed by atoms with van der Waals surface area (Å²) in [5.74, 6) is -0.633. The van der Waals surface area contributed by atoms with Gasteiger partial charge in [-0.25, -0.2) is 9.18 Å². The van der Waals surface area contributed by atoms with Gasteiger partial charge in [0.15, 0.2) is 11.6 Å². The molecule has 2 aromatic rings. The maximum Gasteiger partial charge on any atom is 0.337 e. The topological polar surface area (TPSA) is 35.5 Å². The number of rotatable bonds is 4. The van der Waals surface area contributed by atoms with Crippen LogP contribution >= 0.6 is 15.9 Å². The van der Waals surface area contributed by atoms with Crippen LogP contribution in [0.25, 0.3) is 0 Å². The lowest BCUT2D eigenvalue weighted by atomic mass is 10.1. The monoisotopic (exact) mass is 338 g/mol. The Morgan fingerprint density at radius 3 is 2.55 bits per heavy atom. The fourth-order valence-corrected chi connectivity index (χ4v) is 1.94. The van der Waals surface area contributed by atoms with E-state index >= 15 is 0 Å². The minimum atomic E-state index is -0.417. The molecule has 0 fully saturated rings. The number of hydrogen-bond acceptors (Lipinski definition) is 3. The zero-order valence-corrected chi connectivity index (χ0v) is 12.3. The third-order valence-corrected chi connectivity index (χ3v) is 3.16. The molecule has 0 bridgehead atoms. The molecule has 0 spiro atoms. The summed E-state index contributed by atoms with van der Waals surface area (Å²) < 4.78 is 24.2. The molecule has 0 aliphatic rings. The van der Waals surface area contributed by atoms with E-state index in [9.17, 15) is 9.18 Å². The SMILES string of the molecule is COC(=O)c1ccc(COc2cc(Br)ccc2F)cc1. The quantitative estimate of drug-likeness (QED) is 0.791. The highest BCUT2D eigenvalue weighted by molar-refractivity contribution is 9.10. The lowest BCUT2D eigenvalue weighted by Gasteiger charge is -2.08. The van der Waals surface area contributed by atoms with Gasteiger partial charge >= 0.3 is 5.97 Å². The minimum absolute atomic E-state index is 0.177. The van der Waals surface area contributed by atoms with E-state index in [2.05, 4.69) is 20.7 Å². The average Bonchev–Trinajstić information content (AvgIpc) is 2.48. The summed E-state index contributed by atoms with van der Waals surface area (Å²) in [6, 6.07) is 11.3. The molecule has 0 atom stereocenters. The van der Waals surface area contributed by atoms with Crippen molar-refractivity contribution in [3.05, 3.63) is 63.9 Å². The highest BCUT2D eigenvalue weighted by Crippen LogP contribution is 2.23. The van der Waals surface area contributed by atoms with Gasteiger partial charge in [0.05, 0.1) is 12.7 Å². The second-order valence-electron chi connectivity index (χ2n) is 4.05. The van der Waals surface area contributed by atoms with Gasteiger partial charge in [0, 0.05) is 4.47 Å². The van der Waals surface area contributed by atoms with Crippen molar-refractivity contribution in [2.24, 2.45) is 0 Å². The molecule has 0 amide bonds. The average molecular weight is 339 g/mol. The van der Waals surface area contributed by atoms with Crippen molar-refractivity contribution in [1.29, 1.82) is 0 Å². The largest absolute Gasteiger partial charge is 0.486 e. The van der Waals surface area contributed by atoms with Gasteiger partial charge in [0.1, 0.15) is 6.61 Å². The van der Waals surface area contributed by atoms with E-state index in [1.165, 1.54) is 13.2 Å². The predicted octanol–water partition coefficient (Wildman–Crippen LogP) is 3.95. The van der Waals surface area contributed by atoms with Crippen molar-refractivity contribution in [3.63, 3.8) is 0 Å². The molecular weight excluding hydrogens is 327 g/mol. The number of carbonyl (C=O) groups is 1. The maximum absolute atomic E-state index is 13.5. The van der Waals surface area contributed by atoms with Crippen molar-refractivity contribution in [2.45, 2.75) is 6.61 Å². The zero-order valence-electron chi connectivity index (χ0n) is 10.7. The summed E-state index contributed by atoms with van der Waals surface area (Å²) in [6.45, 7) is 0.217. The normalized spacial score (nSPS) is 10.2. The minimum Gasteiger partial charge on any atom is -0.486 e. The first-order valence-corrected chi connectivity index (χ1v) is 6.64. The maximum atomic E-state index is 13.5. The molecule has 0 aliphatic carbocycles. The van der Waals surface area contributed by atoms with Gasteiger partial charge in [-0.1, -0.05) is 28.1 Å². The fourth-order valence-electron chi connectivity index (χ4n) is 1.60. The second-order valence-corrected chi connectivity index (χ2v) is 4.97. The Morgan fingerprint density at radius 2 is 1.90 bits per heavy atom. The molecule has 3 nitrogen and oxygen atoms in total. The van der Waals surface area contributed by atoms with E-state index in [4.69, 9.17) is 4.74 Å². The van der Waals surface area contributed by atoms with Gasteiger partial charge in [0.2, 0.25) is 0 Å². The lowest BCUT2D eigenvalue weighted by Crippen LogP contribution is -2.02. The first kappa shape index (κ1) is 14.5. The summed E-state index contributed by atoms with van der Waals surface area (Å²) in [5, 5.41) is 0. The van der Waals surface area contributed by atoms with E-state index in [0.717, 1.165) is 10.0 Å². The van der Waals surface area contributed by atoms with E-state index in [1.54, 1.807) is 36.4 Å². The number of benzene rings is 2. The Balaban J connectivity index is 2.04. The first-order valence-electron chi connectivity index (χ1n) is 5.85. The van der Waals surface area contributed by atoms with Crippen LogP contribution in [0.5, 0.6) is 5.75 Å². The summed E-state index contributed by atoms with van der Waals surface area (Å²) in [7, 11) is 1.33. The van der Waals surface area contributed by atoms with E-state index in [1.807, 2.05) is 0 Å². The van der Waals surface area contributed by atoms with Gasteiger partial charge in [0.25, 0.3) is 0 Å². The number of hydrogen-bond donors (Lipinski definition) is 0. The standard InChI is InChI=1S/C15H12BrFO3/c1-19-15(18)11-4-2-10(3-5-11)9-20-14-8-12(16)6-7-13(14)17/h2-8H,9H2,1H3. The van der Waals surface area contributed by atoms with Crippen LogP contribution in [0, 0.1) is 5.82 Å². The van der Waals surface area contributed by atoms with Crippen molar-refractivity contribution in [3.8, 4) is 5.75 Å². The van der Waals surface area contributed by atoms with Crippen LogP contribution in [-0.2, 0) is 11.3 Å². The summed E-state index contributed by atoms with van der Waals surface area (Å²) in [5.41, 5.74) is 1.29. The van der Waals surface area contributed by atoms with Gasteiger partial charge < -0.3 is 9.47 Å². The van der Waals surface area contributed by atoms with Crippen LogP contribution in [0.4, 0.5) is 4.39 Å². The van der Waals surface area contributed by atoms with Crippen LogP contribution < -0.4 is 4.74 Å². The van der Waals surface area contributed by atoms with E-state index < -0.39 is 11.8 Å². The fraction of sp³-hybridized carbons (Fsp3) is 0.133. The number of esters is 1. The van der Waals surface area contributed by atoms with Crippen LogP contribution in [0.3, 0.4) is 0 Å². The van der Waals surface area contributed by atoms with Gasteiger partial charge in [-0.2, -0.15) is 0 Å². The van der Waals surface area contributed by atoms with Gasteiger partial charge in [-0.3, -0.25) is 0 Å².